The highest BCUT2D eigenvalue weighted by Gasteiger charge is 2.21. The number of piperazine rings is 1. The van der Waals surface area contributed by atoms with Gasteiger partial charge in [0.15, 0.2) is 17.2 Å². The lowest BCUT2D eigenvalue weighted by molar-refractivity contribution is 0.313. The summed E-state index contributed by atoms with van der Waals surface area (Å²) in [6.45, 7) is 4.01. The molecule has 0 atom stereocenters. The van der Waals surface area contributed by atoms with Crippen molar-refractivity contribution in [2.75, 3.05) is 38.1 Å². The zero-order valence-electron chi connectivity index (χ0n) is 17.4. The number of anilines is 1. The Bertz CT molecular complexity index is 1390. The first-order valence-electron chi connectivity index (χ1n) is 10.3. The Hall–Kier alpha value is -3.79. The summed E-state index contributed by atoms with van der Waals surface area (Å²) in [6, 6.07) is 5.99. The van der Waals surface area contributed by atoms with Gasteiger partial charge in [-0.25, -0.2) is 15.0 Å². The van der Waals surface area contributed by atoms with Crippen molar-refractivity contribution in [3.63, 3.8) is 0 Å². The van der Waals surface area contributed by atoms with Crippen molar-refractivity contribution in [3.05, 3.63) is 36.8 Å². The van der Waals surface area contributed by atoms with Crippen molar-refractivity contribution in [2.24, 2.45) is 7.05 Å². The van der Waals surface area contributed by atoms with Crippen molar-refractivity contribution in [1.29, 1.82) is 0 Å². The van der Waals surface area contributed by atoms with Gasteiger partial charge in [0.05, 0.1) is 23.1 Å². The summed E-state index contributed by atoms with van der Waals surface area (Å²) >= 11 is 0. The normalized spacial score (nSPS) is 15.4. The summed E-state index contributed by atoms with van der Waals surface area (Å²) in [7, 11) is 4.05. The van der Waals surface area contributed by atoms with Crippen LogP contribution < -0.4 is 4.90 Å². The molecule has 156 valence electrons. The number of aromatic nitrogens is 8. The van der Waals surface area contributed by atoms with Gasteiger partial charge < -0.3 is 14.8 Å². The summed E-state index contributed by atoms with van der Waals surface area (Å²) in [5.74, 6) is 0.658. The molecule has 1 fully saturated rings. The lowest BCUT2D eigenvalue weighted by Gasteiger charge is -2.33. The second-order valence-electron chi connectivity index (χ2n) is 7.97. The molecule has 0 bridgehead atoms. The average Bonchev–Trinajstić information content (AvgIpc) is 3.51. The van der Waals surface area contributed by atoms with Gasteiger partial charge in [-0.3, -0.25) is 9.78 Å². The van der Waals surface area contributed by atoms with E-state index in [-0.39, 0.29) is 0 Å². The van der Waals surface area contributed by atoms with E-state index in [0.29, 0.717) is 11.5 Å². The molecule has 31 heavy (non-hydrogen) atoms. The largest absolute Gasteiger partial charge is 0.367 e. The summed E-state index contributed by atoms with van der Waals surface area (Å²) in [5, 5.41) is 11.8. The number of hydrogen-bond acceptors (Lipinski definition) is 7. The van der Waals surface area contributed by atoms with E-state index in [9.17, 15) is 0 Å². The lowest BCUT2D eigenvalue weighted by Crippen LogP contribution is -2.44. The van der Waals surface area contributed by atoms with Gasteiger partial charge in [-0.2, -0.15) is 10.2 Å². The number of nitrogens with zero attached hydrogens (tertiary/aromatic N) is 8. The van der Waals surface area contributed by atoms with E-state index < -0.39 is 0 Å². The fourth-order valence-corrected chi connectivity index (χ4v) is 4.09. The first-order valence-corrected chi connectivity index (χ1v) is 10.3. The third-order valence-corrected chi connectivity index (χ3v) is 5.84. The molecule has 10 heteroatoms. The maximum absolute atomic E-state index is 4.89. The third-order valence-electron chi connectivity index (χ3n) is 5.84. The quantitative estimate of drug-likeness (QED) is 0.465. The molecular weight excluding hydrogens is 392 g/mol. The molecule has 0 spiro atoms. The van der Waals surface area contributed by atoms with E-state index in [1.807, 2.05) is 37.6 Å². The maximum Gasteiger partial charge on any atom is 0.162 e. The molecule has 2 N–H and O–H groups in total. The van der Waals surface area contributed by atoms with Gasteiger partial charge in [-0.15, -0.1) is 0 Å². The van der Waals surface area contributed by atoms with Crippen molar-refractivity contribution in [3.8, 4) is 22.8 Å². The number of imidazole rings is 1. The number of nitrogens with one attached hydrogen (secondary N) is 2. The zero-order chi connectivity index (χ0) is 20.9. The SMILES string of the molecule is CN1CCN(c2ccnc3[nH]c(-c4n[nH]c5ccc(-c6cnn(C)c6)nc45)nc23)CC1. The van der Waals surface area contributed by atoms with Crippen molar-refractivity contribution >= 4 is 27.9 Å². The minimum atomic E-state index is 0.658. The van der Waals surface area contributed by atoms with Crippen LogP contribution in [0.2, 0.25) is 0 Å². The van der Waals surface area contributed by atoms with E-state index >= 15 is 0 Å². The standard InChI is InChI=1S/C21H22N10/c1-29-7-9-31(10-8-29)16-5-6-22-20-18(16)25-21(26-20)19-17-15(27-28-19)4-3-14(24-17)13-11-23-30(2)12-13/h3-6,11-12H,7-10H2,1-2H3,(H,27,28)(H,22,25,26). The van der Waals surface area contributed by atoms with Gasteiger partial charge in [-0.05, 0) is 25.2 Å². The van der Waals surface area contributed by atoms with Gasteiger partial charge in [0.1, 0.15) is 11.0 Å². The number of hydrogen-bond donors (Lipinski definition) is 2. The Labute approximate surface area is 177 Å². The summed E-state index contributed by atoms with van der Waals surface area (Å²) < 4.78 is 1.77. The van der Waals surface area contributed by atoms with Crippen molar-refractivity contribution in [1.82, 2.24) is 44.8 Å². The van der Waals surface area contributed by atoms with E-state index in [2.05, 4.69) is 42.1 Å². The van der Waals surface area contributed by atoms with E-state index in [4.69, 9.17) is 9.97 Å². The predicted molar refractivity (Wildman–Crippen MR) is 119 cm³/mol. The Balaban J connectivity index is 1.44. The molecule has 1 aliphatic heterocycles. The fourth-order valence-electron chi connectivity index (χ4n) is 4.09. The lowest BCUT2D eigenvalue weighted by atomic mass is 10.2. The molecule has 1 aliphatic rings. The van der Waals surface area contributed by atoms with Crippen LogP contribution in [0.1, 0.15) is 0 Å². The van der Waals surface area contributed by atoms with Crippen LogP contribution in [0, 0.1) is 0 Å². The maximum atomic E-state index is 4.89. The van der Waals surface area contributed by atoms with Crippen LogP contribution in [-0.2, 0) is 7.05 Å². The van der Waals surface area contributed by atoms with Gasteiger partial charge in [0.25, 0.3) is 0 Å². The number of pyridine rings is 2. The molecule has 0 unspecified atom stereocenters. The summed E-state index contributed by atoms with van der Waals surface area (Å²) in [6.07, 6.45) is 5.59. The topological polar surface area (TPSA) is 107 Å². The van der Waals surface area contributed by atoms with Crippen LogP contribution in [0.25, 0.3) is 45.0 Å². The fraction of sp³-hybridized carbons (Fsp3) is 0.286. The molecule has 0 amide bonds. The zero-order valence-corrected chi connectivity index (χ0v) is 17.4. The van der Waals surface area contributed by atoms with Crippen LogP contribution in [0.3, 0.4) is 0 Å². The van der Waals surface area contributed by atoms with Gasteiger partial charge in [0.2, 0.25) is 0 Å². The minimum Gasteiger partial charge on any atom is -0.367 e. The molecule has 5 aromatic heterocycles. The highest BCUT2D eigenvalue weighted by molar-refractivity contribution is 5.93. The highest BCUT2D eigenvalue weighted by atomic mass is 15.3. The Morgan fingerprint density at radius 3 is 2.65 bits per heavy atom. The van der Waals surface area contributed by atoms with Crippen molar-refractivity contribution < 1.29 is 0 Å². The molecule has 10 nitrogen and oxygen atoms in total. The molecule has 0 saturated carbocycles. The van der Waals surface area contributed by atoms with Crippen LogP contribution in [-0.4, -0.2) is 78.0 Å². The predicted octanol–water partition coefficient (Wildman–Crippen LogP) is 2.05. The first-order chi connectivity index (χ1) is 15.2. The molecule has 0 aromatic carbocycles. The first kappa shape index (κ1) is 18.0. The number of rotatable bonds is 3. The number of aryl methyl sites for hydroxylation is 1. The summed E-state index contributed by atoms with van der Waals surface area (Å²) in [5.41, 5.74) is 6.83. The molecule has 0 aliphatic carbocycles. The van der Waals surface area contributed by atoms with E-state index in [0.717, 1.165) is 65.3 Å². The molecule has 0 radical (unpaired) electrons. The molecule has 6 rings (SSSR count). The Kier molecular flexibility index (Phi) is 4.00. The highest BCUT2D eigenvalue weighted by Crippen LogP contribution is 2.30. The minimum absolute atomic E-state index is 0.658. The van der Waals surface area contributed by atoms with Gasteiger partial charge in [0, 0.05) is 51.2 Å². The second kappa shape index (κ2) is 6.88. The van der Waals surface area contributed by atoms with Crippen molar-refractivity contribution in [2.45, 2.75) is 0 Å². The van der Waals surface area contributed by atoms with Gasteiger partial charge >= 0.3 is 0 Å². The van der Waals surface area contributed by atoms with Crippen LogP contribution in [0.5, 0.6) is 0 Å². The van der Waals surface area contributed by atoms with Crippen LogP contribution in [0.4, 0.5) is 5.69 Å². The smallest absolute Gasteiger partial charge is 0.162 e. The Morgan fingerprint density at radius 1 is 0.968 bits per heavy atom. The van der Waals surface area contributed by atoms with Gasteiger partial charge in [-0.1, -0.05) is 0 Å². The summed E-state index contributed by atoms with van der Waals surface area (Å²) in [4.78, 5) is 22.3. The number of H-pyrrole nitrogens is 2. The third kappa shape index (κ3) is 3.03. The molecule has 1 saturated heterocycles. The number of likely N-dealkylation sites (N-methyl/N-ethyl adjacent to an activating group) is 1. The monoisotopic (exact) mass is 414 g/mol. The molecule has 6 heterocycles. The molecular formula is C21H22N10. The van der Waals surface area contributed by atoms with E-state index in [1.165, 1.54) is 0 Å². The molecule has 5 aromatic rings. The number of aromatic amines is 2. The van der Waals surface area contributed by atoms with E-state index in [1.54, 1.807) is 10.9 Å². The van der Waals surface area contributed by atoms with Crippen LogP contribution >= 0.6 is 0 Å². The Morgan fingerprint density at radius 2 is 1.84 bits per heavy atom. The van der Waals surface area contributed by atoms with Crippen LogP contribution in [0.15, 0.2) is 36.8 Å². The number of fused-ring (bicyclic) bond motifs is 2. The second-order valence-corrected chi connectivity index (χ2v) is 7.97. The average molecular weight is 414 g/mol.